The lowest BCUT2D eigenvalue weighted by Gasteiger charge is -2.19. The Morgan fingerprint density at radius 3 is 2.30 bits per heavy atom. The van der Waals surface area contributed by atoms with Crippen LogP contribution in [0.5, 0.6) is 0 Å². The molecule has 1 saturated carbocycles. The zero-order valence-corrected chi connectivity index (χ0v) is 11.9. The average molecular weight is 279 g/mol. The molecule has 1 aliphatic carbocycles. The Labute approximate surface area is 119 Å². The van der Waals surface area contributed by atoms with Gasteiger partial charge in [0.2, 0.25) is 11.8 Å². The lowest BCUT2D eigenvalue weighted by Crippen LogP contribution is -2.32. The van der Waals surface area contributed by atoms with E-state index in [0.29, 0.717) is 18.5 Å². The van der Waals surface area contributed by atoms with Crippen LogP contribution in [0.25, 0.3) is 0 Å². The molecule has 2 atom stereocenters. The molecule has 110 valence electrons. The number of ether oxygens (including phenoxy) is 1. The second kappa shape index (κ2) is 6.20. The van der Waals surface area contributed by atoms with Crippen LogP contribution in [0.3, 0.4) is 0 Å². The maximum atomic E-state index is 12.2. The monoisotopic (exact) mass is 279 g/mol. The van der Waals surface area contributed by atoms with Crippen LogP contribution in [-0.2, 0) is 19.1 Å². The topological polar surface area (TPSA) is 63.7 Å². The standard InChI is InChI=1S/C15H21NO4/c1-10(2)15(19)20-9-5-8-16-13(17)11-6-3-4-7-12(11)14(16)18/h11-12H,1,3-9H2,2H3. The van der Waals surface area contributed by atoms with Gasteiger partial charge >= 0.3 is 5.97 Å². The first kappa shape index (κ1) is 14.8. The first-order valence-electron chi connectivity index (χ1n) is 7.20. The van der Waals surface area contributed by atoms with Gasteiger partial charge in [-0.3, -0.25) is 14.5 Å². The highest BCUT2D eigenvalue weighted by Gasteiger charge is 2.47. The van der Waals surface area contributed by atoms with Gasteiger partial charge in [-0.25, -0.2) is 4.79 Å². The van der Waals surface area contributed by atoms with Crippen molar-refractivity contribution in [3.63, 3.8) is 0 Å². The SMILES string of the molecule is C=C(C)C(=O)OCCCN1C(=O)C2CCCCC2C1=O. The molecule has 0 aromatic heterocycles. The molecular weight excluding hydrogens is 258 g/mol. The molecule has 1 aliphatic heterocycles. The van der Waals surface area contributed by atoms with E-state index in [2.05, 4.69) is 6.58 Å². The van der Waals surface area contributed by atoms with Crippen LogP contribution in [0.4, 0.5) is 0 Å². The van der Waals surface area contributed by atoms with Crippen molar-refractivity contribution in [1.29, 1.82) is 0 Å². The smallest absolute Gasteiger partial charge is 0.333 e. The van der Waals surface area contributed by atoms with Gasteiger partial charge in [0.1, 0.15) is 0 Å². The predicted molar refractivity (Wildman–Crippen MR) is 72.6 cm³/mol. The van der Waals surface area contributed by atoms with Crippen LogP contribution in [0.2, 0.25) is 0 Å². The fourth-order valence-electron chi connectivity index (χ4n) is 2.96. The van der Waals surface area contributed by atoms with Crippen molar-refractivity contribution in [3.8, 4) is 0 Å². The van der Waals surface area contributed by atoms with Gasteiger partial charge in [0.05, 0.1) is 18.4 Å². The maximum absolute atomic E-state index is 12.2. The lowest BCUT2D eigenvalue weighted by molar-refractivity contribution is -0.140. The Morgan fingerprint density at radius 2 is 1.80 bits per heavy atom. The Kier molecular flexibility index (Phi) is 4.57. The minimum atomic E-state index is -0.433. The molecule has 0 radical (unpaired) electrons. The number of hydrogen-bond donors (Lipinski definition) is 0. The van der Waals surface area contributed by atoms with Crippen LogP contribution in [0.1, 0.15) is 39.0 Å². The summed E-state index contributed by atoms with van der Waals surface area (Å²) >= 11 is 0. The molecule has 20 heavy (non-hydrogen) atoms. The van der Waals surface area contributed by atoms with Crippen molar-refractivity contribution in [3.05, 3.63) is 12.2 Å². The molecule has 0 N–H and O–H groups in total. The van der Waals surface area contributed by atoms with Crippen molar-refractivity contribution in [2.45, 2.75) is 39.0 Å². The van der Waals surface area contributed by atoms with Crippen molar-refractivity contribution < 1.29 is 19.1 Å². The van der Waals surface area contributed by atoms with E-state index >= 15 is 0 Å². The molecule has 2 aliphatic rings. The number of fused-ring (bicyclic) bond motifs is 1. The minimum absolute atomic E-state index is 0.0362. The second-order valence-electron chi connectivity index (χ2n) is 5.60. The number of carbonyl (C=O) groups is 3. The third-order valence-electron chi connectivity index (χ3n) is 4.04. The van der Waals surface area contributed by atoms with Crippen molar-refractivity contribution in [2.24, 2.45) is 11.8 Å². The Balaban J connectivity index is 1.81. The van der Waals surface area contributed by atoms with Gasteiger partial charge in [0.15, 0.2) is 0 Å². The average Bonchev–Trinajstić information content (AvgIpc) is 2.68. The van der Waals surface area contributed by atoms with E-state index in [1.165, 1.54) is 4.90 Å². The molecule has 1 saturated heterocycles. The van der Waals surface area contributed by atoms with Gasteiger partial charge in [-0.15, -0.1) is 0 Å². The summed E-state index contributed by atoms with van der Waals surface area (Å²) in [6, 6.07) is 0. The number of likely N-dealkylation sites (tertiary alicyclic amines) is 1. The van der Waals surface area contributed by atoms with E-state index in [1.54, 1.807) is 6.92 Å². The molecule has 5 nitrogen and oxygen atoms in total. The molecule has 2 rings (SSSR count). The number of rotatable bonds is 5. The normalized spacial score (nSPS) is 25.6. The Hall–Kier alpha value is -1.65. The van der Waals surface area contributed by atoms with E-state index < -0.39 is 5.97 Å². The van der Waals surface area contributed by atoms with Crippen LogP contribution in [0, 0.1) is 11.8 Å². The summed E-state index contributed by atoms with van der Waals surface area (Å²) in [6.07, 6.45) is 4.21. The predicted octanol–water partition coefficient (Wildman–Crippen LogP) is 1.67. The number of nitrogens with zero attached hydrogens (tertiary/aromatic N) is 1. The highest BCUT2D eigenvalue weighted by molar-refractivity contribution is 6.05. The van der Waals surface area contributed by atoms with E-state index in [0.717, 1.165) is 25.7 Å². The summed E-state index contributed by atoms with van der Waals surface area (Å²) in [5.74, 6) is -0.710. The zero-order chi connectivity index (χ0) is 14.7. The number of esters is 1. The second-order valence-corrected chi connectivity index (χ2v) is 5.60. The van der Waals surface area contributed by atoms with Gasteiger partial charge in [0.25, 0.3) is 0 Å². The zero-order valence-electron chi connectivity index (χ0n) is 11.9. The summed E-state index contributed by atoms with van der Waals surface area (Å²) in [6.45, 7) is 5.62. The van der Waals surface area contributed by atoms with E-state index in [9.17, 15) is 14.4 Å². The van der Waals surface area contributed by atoms with Gasteiger partial charge in [-0.2, -0.15) is 0 Å². The molecule has 0 aromatic carbocycles. The van der Waals surface area contributed by atoms with Gasteiger partial charge in [-0.1, -0.05) is 19.4 Å². The molecule has 1 heterocycles. The molecular formula is C15H21NO4. The Bertz CT molecular complexity index is 419. The highest BCUT2D eigenvalue weighted by Crippen LogP contribution is 2.37. The van der Waals surface area contributed by atoms with E-state index in [1.807, 2.05) is 0 Å². The molecule has 5 heteroatoms. The summed E-state index contributed by atoms with van der Waals surface area (Å²) in [4.78, 5) is 36.9. The lowest BCUT2D eigenvalue weighted by atomic mass is 9.81. The van der Waals surface area contributed by atoms with E-state index in [-0.39, 0.29) is 30.3 Å². The first-order chi connectivity index (χ1) is 9.52. The molecule has 2 fully saturated rings. The van der Waals surface area contributed by atoms with Crippen molar-refractivity contribution >= 4 is 17.8 Å². The van der Waals surface area contributed by atoms with Gasteiger partial charge in [-0.05, 0) is 26.2 Å². The molecule has 0 bridgehead atoms. The van der Waals surface area contributed by atoms with Crippen LogP contribution < -0.4 is 0 Å². The molecule has 2 amide bonds. The fourth-order valence-corrected chi connectivity index (χ4v) is 2.96. The number of carbonyl (C=O) groups excluding carboxylic acids is 3. The quantitative estimate of drug-likeness (QED) is 0.332. The highest BCUT2D eigenvalue weighted by atomic mass is 16.5. The largest absolute Gasteiger partial charge is 0.462 e. The maximum Gasteiger partial charge on any atom is 0.333 e. The Morgan fingerprint density at radius 1 is 1.25 bits per heavy atom. The molecule has 0 aromatic rings. The number of amides is 2. The van der Waals surface area contributed by atoms with Crippen LogP contribution >= 0.6 is 0 Å². The molecule has 2 unspecified atom stereocenters. The van der Waals surface area contributed by atoms with Crippen LogP contribution in [-0.4, -0.2) is 35.8 Å². The number of imide groups is 1. The molecule has 0 spiro atoms. The minimum Gasteiger partial charge on any atom is -0.462 e. The third kappa shape index (κ3) is 2.92. The van der Waals surface area contributed by atoms with E-state index in [4.69, 9.17) is 4.74 Å². The summed E-state index contributed by atoms with van der Waals surface area (Å²) < 4.78 is 4.96. The van der Waals surface area contributed by atoms with Gasteiger partial charge < -0.3 is 4.74 Å². The third-order valence-corrected chi connectivity index (χ3v) is 4.04. The van der Waals surface area contributed by atoms with Crippen molar-refractivity contribution in [1.82, 2.24) is 4.90 Å². The summed E-state index contributed by atoms with van der Waals surface area (Å²) in [5.41, 5.74) is 0.351. The summed E-state index contributed by atoms with van der Waals surface area (Å²) in [7, 11) is 0. The fraction of sp³-hybridized carbons (Fsp3) is 0.667. The first-order valence-corrected chi connectivity index (χ1v) is 7.20. The van der Waals surface area contributed by atoms with Gasteiger partial charge in [0, 0.05) is 12.1 Å². The van der Waals surface area contributed by atoms with Crippen LogP contribution in [0.15, 0.2) is 12.2 Å². The van der Waals surface area contributed by atoms with Crippen molar-refractivity contribution in [2.75, 3.05) is 13.2 Å². The summed E-state index contributed by atoms with van der Waals surface area (Å²) in [5, 5.41) is 0. The number of hydrogen-bond acceptors (Lipinski definition) is 4.